The maximum absolute atomic E-state index is 12.9. The van der Waals surface area contributed by atoms with Gasteiger partial charge in [-0.15, -0.1) is 0 Å². The van der Waals surface area contributed by atoms with E-state index in [1.807, 2.05) is 0 Å². The summed E-state index contributed by atoms with van der Waals surface area (Å²) in [5.41, 5.74) is 28.4. The van der Waals surface area contributed by atoms with Gasteiger partial charge in [0.15, 0.2) is 24.5 Å². The number of carbonyl (C=O) groups excluding carboxylic acids is 1. The van der Waals surface area contributed by atoms with Crippen LogP contribution in [0.25, 0.3) is 0 Å². The number of carbonyl (C=O) groups is 1. The largest absolute Gasteiger partial charge is 0.394 e. The summed E-state index contributed by atoms with van der Waals surface area (Å²) in [4.78, 5) is 12.9. The number of aliphatic hydroxyl groups is 7. The molecule has 18 atom stereocenters. The Morgan fingerprint density at radius 2 is 1.35 bits per heavy atom. The number of hydrogen-bond acceptors (Lipinski definition) is 20. The zero-order valence-electron chi connectivity index (χ0n) is 26.2. The monoisotopic (exact) mass is 697 g/mol. The number of nitrogens with one attached hydrogen (secondary N) is 2. The second kappa shape index (κ2) is 15.5. The molecule has 21 nitrogen and oxygen atoms in total. The molecule has 4 heterocycles. The SMILES string of the molecule is NC[C@@H]1O[C@H](O[C@H]2[C@@H](O)[C@H](O[C@@H]3[C@@H](O)[C@H](NC(=O)C4(O)CNC4)C[C@H](N)[C@H]3O[C@H]3O[C@H](CN)[C@H](O)C[C@H]3N)O[C@@H]2CO)[C@H](N)[C@@H](O)[C@@H]1O. The summed E-state index contributed by atoms with van der Waals surface area (Å²) in [5, 5.41) is 79.8. The number of hydrogen-bond donors (Lipinski definition) is 14. The quantitative estimate of drug-likeness (QED) is 0.0952. The average molecular weight is 698 g/mol. The molecule has 5 rings (SSSR count). The maximum Gasteiger partial charge on any atom is 0.254 e. The number of aliphatic hydroxyl groups excluding tert-OH is 6. The van der Waals surface area contributed by atoms with E-state index in [0.717, 1.165) is 0 Å². The van der Waals surface area contributed by atoms with Gasteiger partial charge in [0.1, 0.15) is 54.9 Å². The van der Waals surface area contributed by atoms with Crippen molar-refractivity contribution in [1.29, 1.82) is 0 Å². The van der Waals surface area contributed by atoms with Gasteiger partial charge >= 0.3 is 0 Å². The zero-order valence-corrected chi connectivity index (χ0v) is 26.2. The Morgan fingerprint density at radius 3 is 1.96 bits per heavy atom. The van der Waals surface area contributed by atoms with Gasteiger partial charge in [0, 0.05) is 32.2 Å². The van der Waals surface area contributed by atoms with Gasteiger partial charge in [0.25, 0.3) is 5.91 Å². The molecule has 5 fully saturated rings. The third-order valence-electron chi connectivity index (χ3n) is 9.75. The van der Waals surface area contributed by atoms with E-state index in [1.165, 1.54) is 0 Å². The Balaban J connectivity index is 1.35. The molecule has 5 aliphatic rings. The molecule has 0 radical (unpaired) electrons. The minimum atomic E-state index is -1.69. The molecule has 1 amide bonds. The topological polar surface area (TPSA) is 368 Å². The minimum Gasteiger partial charge on any atom is -0.394 e. The smallest absolute Gasteiger partial charge is 0.254 e. The number of amides is 1. The summed E-state index contributed by atoms with van der Waals surface area (Å²) >= 11 is 0. The van der Waals surface area contributed by atoms with Gasteiger partial charge in [-0.25, -0.2) is 0 Å². The van der Waals surface area contributed by atoms with Crippen molar-refractivity contribution in [2.75, 3.05) is 32.8 Å². The molecular formula is C27H51N7O14. The van der Waals surface area contributed by atoms with E-state index >= 15 is 0 Å². The molecule has 21 heteroatoms. The molecule has 1 saturated carbocycles. The van der Waals surface area contributed by atoms with Crippen LogP contribution in [0.15, 0.2) is 0 Å². The first kappa shape index (κ1) is 38.0. The van der Waals surface area contributed by atoms with Gasteiger partial charge in [-0.1, -0.05) is 0 Å². The molecule has 19 N–H and O–H groups in total. The van der Waals surface area contributed by atoms with Crippen molar-refractivity contribution in [3.05, 3.63) is 0 Å². The molecule has 0 bridgehead atoms. The fourth-order valence-electron chi connectivity index (χ4n) is 6.66. The molecule has 0 aromatic rings. The Hall–Kier alpha value is -1.29. The fraction of sp³-hybridized carbons (Fsp3) is 0.963. The van der Waals surface area contributed by atoms with Crippen LogP contribution in [0.1, 0.15) is 12.8 Å². The highest BCUT2D eigenvalue weighted by Crippen LogP contribution is 2.35. The van der Waals surface area contributed by atoms with Crippen LogP contribution >= 0.6 is 0 Å². The van der Waals surface area contributed by atoms with Gasteiger partial charge in [-0.2, -0.15) is 0 Å². The molecule has 48 heavy (non-hydrogen) atoms. The van der Waals surface area contributed by atoms with Crippen molar-refractivity contribution in [3.63, 3.8) is 0 Å². The zero-order chi connectivity index (χ0) is 35.1. The van der Waals surface area contributed by atoms with Crippen molar-refractivity contribution in [2.45, 2.75) is 129 Å². The minimum absolute atomic E-state index is 0.00680. The number of β-amino-alcohol motifs (C(OH)–C–C–N with tert-alkyl or cyclic N) is 1. The lowest BCUT2D eigenvalue weighted by molar-refractivity contribution is -0.296. The Labute approximate surface area is 275 Å². The first-order chi connectivity index (χ1) is 22.7. The molecule has 1 aliphatic carbocycles. The van der Waals surface area contributed by atoms with Crippen LogP contribution in [0, 0.1) is 0 Å². The van der Waals surface area contributed by atoms with E-state index in [0.29, 0.717) is 0 Å². The van der Waals surface area contributed by atoms with Crippen molar-refractivity contribution in [3.8, 4) is 0 Å². The van der Waals surface area contributed by atoms with E-state index in [-0.39, 0.29) is 39.0 Å². The van der Waals surface area contributed by atoms with E-state index in [2.05, 4.69) is 10.6 Å². The standard InChI is InChI=1S/C27H51N7O14/c28-3-12-11(36)2-9(31)23(43-12)46-20-8(30)1-10(34-26(41)27(42)6-33-7-27)16(37)22(20)48-25-19(40)21(14(5-35)45-25)47-24-15(32)18(39)17(38)13(4-29)44-24/h8-25,33,35-40,42H,1-7,28-32H2,(H,34,41)/t8-,9+,10+,11+,12+,13-,14+,15+,16-,17+,18+,19+,20+,21+,22+,23+,24+,25-/m0/s1. The van der Waals surface area contributed by atoms with Crippen LogP contribution in [-0.4, -0.2) is 190 Å². The third-order valence-corrected chi connectivity index (χ3v) is 9.75. The fourth-order valence-corrected chi connectivity index (χ4v) is 6.66. The van der Waals surface area contributed by atoms with Crippen LogP contribution < -0.4 is 39.3 Å². The second-order valence-electron chi connectivity index (χ2n) is 13.2. The normalized spacial score (nSPS) is 49.3. The lowest BCUT2D eigenvalue weighted by Gasteiger charge is -2.47. The van der Waals surface area contributed by atoms with E-state index in [1.54, 1.807) is 0 Å². The van der Waals surface area contributed by atoms with E-state index in [4.69, 9.17) is 57.1 Å². The summed E-state index contributed by atoms with van der Waals surface area (Å²) in [7, 11) is 0. The predicted octanol–water partition coefficient (Wildman–Crippen LogP) is -9.37. The summed E-state index contributed by atoms with van der Waals surface area (Å²) in [6.45, 7) is -0.891. The van der Waals surface area contributed by atoms with Crippen molar-refractivity contribution >= 4 is 5.91 Å². The van der Waals surface area contributed by atoms with E-state index in [9.17, 15) is 40.5 Å². The third kappa shape index (κ3) is 7.50. The van der Waals surface area contributed by atoms with Crippen LogP contribution in [0.3, 0.4) is 0 Å². The number of rotatable bonds is 11. The molecule has 4 saturated heterocycles. The molecule has 278 valence electrons. The molecule has 0 aromatic carbocycles. The van der Waals surface area contributed by atoms with Gasteiger partial charge in [-0.3, -0.25) is 4.79 Å². The van der Waals surface area contributed by atoms with Crippen LogP contribution in [-0.2, 0) is 33.2 Å². The van der Waals surface area contributed by atoms with Gasteiger partial charge in [0.2, 0.25) is 0 Å². The predicted molar refractivity (Wildman–Crippen MR) is 159 cm³/mol. The maximum atomic E-state index is 12.9. The Bertz CT molecular complexity index is 1080. The van der Waals surface area contributed by atoms with Crippen LogP contribution in [0.5, 0.6) is 0 Å². The summed E-state index contributed by atoms with van der Waals surface area (Å²) in [5.74, 6) is -0.745. The average Bonchev–Trinajstić information content (AvgIpc) is 3.34. The second-order valence-corrected chi connectivity index (χ2v) is 13.2. The molecule has 0 unspecified atom stereocenters. The number of ether oxygens (including phenoxy) is 6. The lowest BCUT2D eigenvalue weighted by Crippen LogP contribution is -2.71. The van der Waals surface area contributed by atoms with E-state index < -0.39 is 128 Å². The Kier molecular flexibility index (Phi) is 12.3. The molecule has 0 aromatic heterocycles. The van der Waals surface area contributed by atoms with Crippen molar-refractivity contribution < 1.29 is 69.0 Å². The Morgan fingerprint density at radius 1 is 0.750 bits per heavy atom. The van der Waals surface area contributed by atoms with Crippen molar-refractivity contribution in [2.24, 2.45) is 28.7 Å². The molecule has 4 aliphatic heterocycles. The van der Waals surface area contributed by atoms with Gasteiger partial charge in [0.05, 0.1) is 36.9 Å². The highest BCUT2D eigenvalue weighted by molar-refractivity contribution is 5.87. The summed E-state index contributed by atoms with van der Waals surface area (Å²) in [6.07, 6.45) is -18.2. The first-order valence-electron chi connectivity index (χ1n) is 16.1. The summed E-state index contributed by atoms with van der Waals surface area (Å²) in [6, 6.07) is -4.12. The highest BCUT2D eigenvalue weighted by Gasteiger charge is 2.55. The van der Waals surface area contributed by atoms with Crippen LogP contribution in [0.2, 0.25) is 0 Å². The van der Waals surface area contributed by atoms with Gasteiger partial charge < -0.3 is 103 Å². The molecular weight excluding hydrogens is 646 g/mol. The lowest BCUT2D eigenvalue weighted by atomic mass is 9.83. The van der Waals surface area contributed by atoms with Crippen molar-refractivity contribution in [1.82, 2.24) is 10.6 Å². The molecule has 0 spiro atoms. The van der Waals surface area contributed by atoms with Crippen LogP contribution in [0.4, 0.5) is 0 Å². The number of nitrogens with two attached hydrogens (primary N) is 5. The first-order valence-corrected chi connectivity index (χ1v) is 16.1. The highest BCUT2D eigenvalue weighted by atomic mass is 16.8. The van der Waals surface area contributed by atoms with Gasteiger partial charge in [-0.05, 0) is 12.8 Å². The summed E-state index contributed by atoms with van der Waals surface area (Å²) < 4.78 is 35.3.